The van der Waals surface area contributed by atoms with Crippen molar-refractivity contribution >= 4 is 32.2 Å². The predicted molar refractivity (Wildman–Crippen MR) is 85.6 cm³/mol. The number of benzene rings is 1. The number of allylic oxidation sites excluding steroid dienone is 2. The summed E-state index contributed by atoms with van der Waals surface area (Å²) >= 11 is 0. The zero-order chi connectivity index (χ0) is 20.4. The van der Waals surface area contributed by atoms with Crippen LogP contribution in [-0.2, 0) is 20.6 Å². The molecule has 16 heteroatoms. The van der Waals surface area contributed by atoms with Crippen molar-refractivity contribution in [3.05, 3.63) is 68.4 Å². The molecule has 0 spiro atoms. The van der Waals surface area contributed by atoms with Crippen LogP contribution in [0.2, 0.25) is 0 Å². The van der Waals surface area contributed by atoms with Gasteiger partial charge in [-0.1, -0.05) is 24.3 Å². The van der Waals surface area contributed by atoms with Crippen molar-refractivity contribution < 1.29 is 35.5 Å². The molecule has 0 heterocycles. The average molecular weight is 404 g/mol. The van der Waals surface area contributed by atoms with E-state index >= 15 is 0 Å². The van der Waals surface area contributed by atoms with Crippen LogP contribution in [0.5, 0.6) is 0 Å². The molecule has 2 N–H and O–H groups in total. The van der Waals surface area contributed by atoms with Gasteiger partial charge in [-0.3, -0.25) is 18.7 Å². The molecule has 2 rings (SSSR count). The lowest BCUT2D eigenvalue weighted by molar-refractivity contribution is 0.0994. The number of hydrogen-bond acceptors (Lipinski definition) is 6. The Morgan fingerprint density at radius 3 is 1.27 bits per heavy atom. The molecule has 0 fully saturated rings. The summed E-state index contributed by atoms with van der Waals surface area (Å²) in [5.74, 6) is -0.185. The van der Waals surface area contributed by atoms with Gasteiger partial charge in [0.25, 0.3) is 0 Å². The van der Waals surface area contributed by atoms with Gasteiger partial charge < -0.3 is 0 Å². The summed E-state index contributed by atoms with van der Waals surface area (Å²) in [5.41, 5.74) is 15.7. The number of nitrogens with zero attached hydrogens (tertiary/aromatic N) is 6. The molecule has 0 saturated carbocycles. The number of carbonyl (C=O) groups is 2. The van der Waals surface area contributed by atoms with Crippen molar-refractivity contribution in [1.29, 1.82) is 0 Å². The fourth-order valence-electron chi connectivity index (χ4n) is 1.34. The molecular formula is C10H8N6O8S2. The van der Waals surface area contributed by atoms with Crippen molar-refractivity contribution in [2.75, 3.05) is 0 Å². The highest BCUT2D eigenvalue weighted by Crippen LogP contribution is 2.15. The average Bonchev–Trinajstić information content (AvgIpc) is 2.50. The van der Waals surface area contributed by atoms with Gasteiger partial charge in [-0.25, -0.2) is 0 Å². The van der Waals surface area contributed by atoms with Gasteiger partial charge in [0, 0.05) is 21.0 Å². The standard InChI is InChI=1S/C10H6O2.2HN3O3S/c11-9-5-6-10(12)8-4-2-1-3-7(8)9;2*1-2-3-7(4,5)6/h1-6H;2*(H,4,5,6). The van der Waals surface area contributed by atoms with Crippen molar-refractivity contribution in [2.24, 2.45) is 9.04 Å². The van der Waals surface area contributed by atoms with Gasteiger partial charge in [0.2, 0.25) is 0 Å². The predicted octanol–water partition coefficient (Wildman–Crippen LogP) is 1.82. The Balaban J connectivity index is 0.000000390. The van der Waals surface area contributed by atoms with Gasteiger partial charge in [0.15, 0.2) is 11.6 Å². The van der Waals surface area contributed by atoms with E-state index in [4.69, 9.17) is 20.2 Å². The van der Waals surface area contributed by atoms with Crippen LogP contribution in [0, 0.1) is 0 Å². The van der Waals surface area contributed by atoms with Crippen LogP contribution in [0.4, 0.5) is 0 Å². The van der Waals surface area contributed by atoms with E-state index in [2.05, 4.69) is 0 Å². The van der Waals surface area contributed by atoms with E-state index in [0.29, 0.717) is 11.1 Å². The maximum absolute atomic E-state index is 11.2. The molecule has 0 amide bonds. The molecule has 1 aliphatic rings. The first-order valence-corrected chi connectivity index (χ1v) is 8.64. The second kappa shape index (κ2) is 9.90. The lowest BCUT2D eigenvalue weighted by Gasteiger charge is -2.06. The molecule has 0 aliphatic heterocycles. The Morgan fingerprint density at radius 1 is 0.769 bits per heavy atom. The monoisotopic (exact) mass is 404 g/mol. The van der Waals surface area contributed by atoms with Gasteiger partial charge in [0.1, 0.15) is 0 Å². The highest BCUT2D eigenvalue weighted by Gasteiger charge is 2.16. The molecule has 0 radical (unpaired) electrons. The third-order valence-corrected chi connectivity index (χ3v) is 2.68. The number of fused-ring (bicyclic) bond motifs is 1. The van der Waals surface area contributed by atoms with Gasteiger partial charge in [-0.05, 0) is 23.2 Å². The van der Waals surface area contributed by atoms with E-state index in [0.717, 1.165) is 0 Å². The molecule has 0 atom stereocenters. The summed E-state index contributed by atoms with van der Waals surface area (Å²) in [7, 11) is -8.93. The van der Waals surface area contributed by atoms with Crippen molar-refractivity contribution in [2.45, 2.75) is 0 Å². The second-order valence-electron chi connectivity index (χ2n) is 3.85. The van der Waals surface area contributed by atoms with Crippen LogP contribution in [-0.4, -0.2) is 37.5 Å². The first-order chi connectivity index (χ1) is 11.9. The Labute approximate surface area is 145 Å². The topological polar surface area (TPSA) is 240 Å². The van der Waals surface area contributed by atoms with Crippen molar-refractivity contribution in [3.8, 4) is 0 Å². The van der Waals surface area contributed by atoms with Gasteiger partial charge in [-0.15, -0.1) is 0 Å². The third kappa shape index (κ3) is 9.78. The summed E-state index contributed by atoms with van der Waals surface area (Å²) in [6.07, 6.45) is 2.62. The molecule has 0 aromatic heterocycles. The highest BCUT2D eigenvalue weighted by atomic mass is 32.2. The molecule has 1 aromatic rings. The largest absolute Gasteiger partial charge is 0.356 e. The molecule has 14 nitrogen and oxygen atoms in total. The van der Waals surface area contributed by atoms with E-state index in [1.807, 2.05) is 9.04 Å². The van der Waals surface area contributed by atoms with E-state index in [9.17, 15) is 26.4 Å². The molecule has 138 valence electrons. The van der Waals surface area contributed by atoms with Crippen LogP contribution in [0.1, 0.15) is 20.7 Å². The fraction of sp³-hybridized carbons (Fsp3) is 0. The smallest absolute Gasteiger partial charge is 0.289 e. The highest BCUT2D eigenvalue weighted by molar-refractivity contribution is 7.84. The van der Waals surface area contributed by atoms with Crippen LogP contribution >= 0.6 is 0 Å². The van der Waals surface area contributed by atoms with Crippen molar-refractivity contribution in [3.63, 3.8) is 0 Å². The van der Waals surface area contributed by atoms with E-state index in [1.54, 1.807) is 34.1 Å². The minimum absolute atomic E-state index is 0.0924. The molecule has 0 bridgehead atoms. The van der Waals surface area contributed by atoms with Crippen LogP contribution in [0.15, 0.2) is 45.5 Å². The Hall–Kier alpha value is -3.26. The lowest BCUT2D eigenvalue weighted by atomic mass is 9.95. The summed E-state index contributed by atoms with van der Waals surface area (Å²) in [5, 5.41) is 0. The van der Waals surface area contributed by atoms with Gasteiger partial charge in [0.05, 0.1) is 9.04 Å². The fourth-order valence-corrected chi connectivity index (χ4v) is 1.52. The normalized spacial score (nSPS) is 12.1. The molecule has 1 aromatic carbocycles. The molecule has 26 heavy (non-hydrogen) atoms. The number of hydrogen-bond donors (Lipinski definition) is 2. The summed E-state index contributed by atoms with van der Waals surface area (Å²) in [4.78, 5) is 26.0. The molecule has 0 saturated heterocycles. The van der Waals surface area contributed by atoms with Crippen LogP contribution in [0.25, 0.3) is 20.9 Å². The first-order valence-electron chi connectivity index (χ1n) is 5.84. The Morgan fingerprint density at radius 2 is 1.08 bits per heavy atom. The number of ketones is 2. The summed E-state index contributed by atoms with van der Waals surface area (Å²) in [6, 6.07) is 6.84. The first kappa shape index (κ1) is 22.7. The number of carbonyl (C=O) groups excluding carboxylic acids is 2. The van der Waals surface area contributed by atoms with Crippen LogP contribution < -0.4 is 0 Å². The van der Waals surface area contributed by atoms with Crippen molar-refractivity contribution in [1.82, 2.24) is 0 Å². The van der Waals surface area contributed by atoms with E-state index in [1.165, 1.54) is 12.2 Å². The maximum Gasteiger partial charge on any atom is 0.356 e. The SMILES string of the molecule is O=C1C=CC(=O)c2ccccc21.[N-]=[N+]=NS(=O)(=O)O.[N-]=[N+]=NS(=O)(=O)O. The van der Waals surface area contributed by atoms with E-state index < -0.39 is 20.6 Å². The summed E-state index contributed by atoms with van der Waals surface area (Å²) in [6.45, 7) is 0. The molecule has 0 unspecified atom stereocenters. The lowest BCUT2D eigenvalue weighted by Crippen LogP contribution is -2.10. The summed E-state index contributed by atoms with van der Waals surface area (Å²) < 4.78 is 56.5. The maximum atomic E-state index is 11.2. The van der Waals surface area contributed by atoms with Crippen LogP contribution in [0.3, 0.4) is 0 Å². The van der Waals surface area contributed by atoms with Gasteiger partial charge >= 0.3 is 20.6 Å². The minimum atomic E-state index is -4.47. The second-order valence-corrected chi connectivity index (χ2v) is 5.96. The number of rotatable bonds is 2. The van der Waals surface area contributed by atoms with Gasteiger partial charge in [-0.2, -0.15) is 16.8 Å². The zero-order valence-corrected chi connectivity index (χ0v) is 13.9. The Bertz CT molecular complexity index is 950. The minimum Gasteiger partial charge on any atom is -0.289 e. The molecular weight excluding hydrogens is 396 g/mol. The zero-order valence-electron chi connectivity index (χ0n) is 12.3. The number of azide groups is 2. The third-order valence-electron chi connectivity index (χ3n) is 2.12. The Kier molecular flexibility index (Phi) is 8.66. The molecule has 1 aliphatic carbocycles. The van der Waals surface area contributed by atoms with E-state index in [-0.39, 0.29) is 11.6 Å². The quantitative estimate of drug-likeness (QED) is 0.318.